The molecule has 1 aliphatic heterocycles. The average Bonchev–Trinajstić information content (AvgIpc) is 2.64. The Balaban J connectivity index is 1.62. The Labute approximate surface area is 153 Å². The summed E-state index contributed by atoms with van der Waals surface area (Å²) in [7, 11) is 0. The number of nitrogen functional groups attached to an aromatic ring is 1. The molecule has 0 spiro atoms. The third-order valence-electron chi connectivity index (χ3n) is 4.56. The van der Waals surface area contributed by atoms with Gasteiger partial charge >= 0.3 is 0 Å². The SMILES string of the molecule is N=Cc1cc(NC2CCCN(Cc3cccc(SN)c3)C2)ccc1N. The molecule has 1 fully saturated rings. The molecule has 0 saturated carbocycles. The van der Waals surface area contributed by atoms with Crippen LogP contribution in [0.25, 0.3) is 0 Å². The maximum Gasteiger partial charge on any atom is 0.0404 e. The first kappa shape index (κ1) is 17.8. The summed E-state index contributed by atoms with van der Waals surface area (Å²) in [4.78, 5) is 3.58. The smallest absolute Gasteiger partial charge is 0.0404 e. The minimum absolute atomic E-state index is 0.406. The highest BCUT2D eigenvalue weighted by atomic mass is 32.2. The molecule has 2 aromatic carbocycles. The number of piperidine rings is 1. The molecule has 1 saturated heterocycles. The van der Waals surface area contributed by atoms with E-state index in [-0.39, 0.29) is 0 Å². The Kier molecular flexibility index (Phi) is 5.96. The van der Waals surface area contributed by atoms with Crippen LogP contribution < -0.4 is 16.2 Å². The maximum atomic E-state index is 7.44. The first-order valence-electron chi connectivity index (χ1n) is 8.52. The van der Waals surface area contributed by atoms with Gasteiger partial charge in [0, 0.05) is 47.2 Å². The number of hydrogen-bond donors (Lipinski definition) is 4. The molecule has 1 unspecified atom stereocenters. The second-order valence-electron chi connectivity index (χ2n) is 6.47. The van der Waals surface area contributed by atoms with Crippen LogP contribution in [0.2, 0.25) is 0 Å². The van der Waals surface area contributed by atoms with Gasteiger partial charge in [-0.25, -0.2) is 0 Å². The second-order valence-corrected chi connectivity index (χ2v) is 7.18. The van der Waals surface area contributed by atoms with E-state index in [1.807, 2.05) is 24.3 Å². The molecular formula is C19H25N5S. The predicted octanol–water partition coefficient (Wildman–Crippen LogP) is 3.31. The molecule has 2 aromatic rings. The highest BCUT2D eigenvalue weighted by Gasteiger charge is 2.20. The molecule has 0 aromatic heterocycles. The highest BCUT2D eigenvalue weighted by Crippen LogP contribution is 2.22. The fraction of sp³-hybridized carbons (Fsp3) is 0.316. The van der Waals surface area contributed by atoms with Crippen molar-refractivity contribution >= 4 is 29.5 Å². The molecule has 25 heavy (non-hydrogen) atoms. The Morgan fingerprint density at radius 1 is 1.28 bits per heavy atom. The van der Waals surface area contributed by atoms with E-state index in [4.69, 9.17) is 16.3 Å². The van der Waals surface area contributed by atoms with E-state index in [1.165, 1.54) is 30.1 Å². The van der Waals surface area contributed by atoms with Crippen molar-refractivity contribution in [2.24, 2.45) is 5.14 Å². The van der Waals surface area contributed by atoms with Gasteiger partial charge in [-0.2, -0.15) is 0 Å². The van der Waals surface area contributed by atoms with Gasteiger partial charge in [-0.3, -0.25) is 10.0 Å². The fourth-order valence-corrected chi connectivity index (χ4v) is 3.69. The summed E-state index contributed by atoms with van der Waals surface area (Å²) in [6, 6.07) is 14.6. The van der Waals surface area contributed by atoms with Gasteiger partial charge in [0.05, 0.1) is 0 Å². The third-order valence-corrected chi connectivity index (χ3v) is 5.09. The summed E-state index contributed by atoms with van der Waals surface area (Å²) < 4.78 is 0. The van der Waals surface area contributed by atoms with E-state index < -0.39 is 0 Å². The molecule has 1 aliphatic rings. The number of nitrogens with one attached hydrogen (secondary N) is 2. The van der Waals surface area contributed by atoms with Crippen molar-refractivity contribution in [3.05, 3.63) is 53.6 Å². The van der Waals surface area contributed by atoms with Gasteiger partial charge in [0.1, 0.15) is 0 Å². The van der Waals surface area contributed by atoms with Crippen LogP contribution in [0.4, 0.5) is 11.4 Å². The first-order chi connectivity index (χ1) is 12.2. The van der Waals surface area contributed by atoms with Crippen molar-refractivity contribution in [1.29, 1.82) is 5.41 Å². The van der Waals surface area contributed by atoms with Crippen LogP contribution in [0.5, 0.6) is 0 Å². The van der Waals surface area contributed by atoms with Crippen molar-refractivity contribution in [3.8, 4) is 0 Å². The molecule has 0 bridgehead atoms. The zero-order valence-electron chi connectivity index (χ0n) is 14.2. The largest absolute Gasteiger partial charge is 0.398 e. The van der Waals surface area contributed by atoms with Crippen LogP contribution >= 0.6 is 11.9 Å². The molecule has 0 amide bonds. The second kappa shape index (κ2) is 8.38. The topological polar surface area (TPSA) is 91.2 Å². The minimum Gasteiger partial charge on any atom is -0.398 e. The summed E-state index contributed by atoms with van der Waals surface area (Å²) in [6.45, 7) is 3.07. The Bertz CT molecular complexity index is 734. The average molecular weight is 356 g/mol. The molecule has 0 aliphatic carbocycles. The van der Waals surface area contributed by atoms with E-state index in [0.29, 0.717) is 11.7 Å². The molecular weight excluding hydrogens is 330 g/mol. The number of benzene rings is 2. The van der Waals surface area contributed by atoms with Crippen LogP contribution in [0.15, 0.2) is 47.4 Å². The van der Waals surface area contributed by atoms with Crippen molar-refractivity contribution in [2.75, 3.05) is 24.1 Å². The third kappa shape index (κ3) is 4.75. The lowest BCUT2D eigenvalue weighted by Crippen LogP contribution is -2.41. The molecule has 6 heteroatoms. The van der Waals surface area contributed by atoms with Gasteiger partial charge in [-0.1, -0.05) is 12.1 Å². The van der Waals surface area contributed by atoms with Crippen LogP contribution in [-0.2, 0) is 6.54 Å². The van der Waals surface area contributed by atoms with Gasteiger partial charge in [0.2, 0.25) is 0 Å². The van der Waals surface area contributed by atoms with Gasteiger partial charge in [0.25, 0.3) is 0 Å². The zero-order valence-corrected chi connectivity index (χ0v) is 15.1. The normalized spacial score (nSPS) is 18.0. The zero-order chi connectivity index (χ0) is 17.6. The molecule has 6 N–H and O–H groups in total. The maximum absolute atomic E-state index is 7.44. The van der Waals surface area contributed by atoms with Crippen molar-refractivity contribution in [1.82, 2.24) is 4.90 Å². The van der Waals surface area contributed by atoms with E-state index in [9.17, 15) is 0 Å². The number of hydrogen-bond acceptors (Lipinski definition) is 6. The fourth-order valence-electron chi connectivity index (χ4n) is 3.32. The van der Waals surface area contributed by atoms with Crippen molar-refractivity contribution in [2.45, 2.75) is 30.3 Å². The minimum atomic E-state index is 0.406. The lowest BCUT2D eigenvalue weighted by atomic mass is 10.0. The number of nitrogens with zero attached hydrogens (tertiary/aromatic N) is 1. The summed E-state index contributed by atoms with van der Waals surface area (Å²) >= 11 is 1.29. The van der Waals surface area contributed by atoms with Crippen molar-refractivity contribution < 1.29 is 0 Å². The molecule has 1 atom stereocenters. The van der Waals surface area contributed by atoms with E-state index in [1.54, 1.807) is 0 Å². The molecule has 5 nitrogen and oxygen atoms in total. The van der Waals surface area contributed by atoms with Crippen molar-refractivity contribution in [3.63, 3.8) is 0 Å². The Morgan fingerprint density at radius 2 is 2.16 bits per heavy atom. The summed E-state index contributed by atoms with van der Waals surface area (Å²) in [5, 5.41) is 16.7. The standard InChI is InChI=1S/C19H25N5S/c20-11-15-10-16(6-7-19(15)21)23-17-4-2-8-24(13-17)12-14-3-1-5-18(9-14)25-22/h1,3,5-7,9-11,17,20,23H,2,4,8,12-13,21-22H2. The molecule has 1 heterocycles. The van der Waals surface area contributed by atoms with Crippen LogP contribution in [0, 0.1) is 5.41 Å². The number of nitrogens with two attached hydrogens (primary N) is 2. The van der Waals surface area contributed by atoms with E-state index >= 15 is 0 Å². The lowest BCUT2D eigenvalue weighted by molar-refractivity contribution is 0.208. The number of rotatable bonds is 6. The Morgan fingerprint density at radius 3 is 2.96 bits per heavy atom. The van der Waals surface area contributed by atoms with Gasteiger partial charge in [-0.05, 0) is 67.2 Å². The number of anilines is 2. The number of likely N-dealkylation sites (tertiary alicyclic amines) is 1. The summed E-state index contributed by atoms with van der Waals surface area (Å²) in [5.74, 6) is 0. The summed E-state index contributed by atoms with van der Waals surface area (Å²) in [5.41, 5.74) is 9.60. The van der Waals surface area contributed by atoms with E-state index in [2.05, 4.69) is 28.4 Å². The molecule has 132 valence electrons. The summed E-state index contributed by atoms with van der Waals surface area (Å²) in [6.07, 6.45) is 3.63. The first-order valence-corrected chi connectivity index (χ1v) is 9.40. The predicted molar refractivity (Wildman–Crippen MR) is 107 cm³/mol. The highest BCUT2D eigenvalue weighted by molar-refractivity contribution is 7.97. The molecule has 0 radical (unpaired) electrons. The van der Waals surface area contributed by atoms with Crippen LogP contribution in [-0.4, -0.2) is 30.2 Å². The van der Waals surface area contributed by atoms with E-state index in [0.717, 1.165) is 42.2 Å². The molecule has 3 rings (SSSR count). The van der Waals surface area contributed by atoms with Gasteiger partial charge in [-0.15, -0.1) is 0 Å². The van der Waals surface area contributed by atoms with Gasteiger partial charge in [0.15, 0.2) is 0 Å². The van der Waals surface area contributed by atoms with Crippen LogP contribution in [0.1, 0.15) is 24.0 Å². The monoisotopic (exact) mass is 355 g/mol. The van der Waals surface area contributed by atoms with Crippen LogP contribution in [0.3, 0.4) is 0 Å². The quantitative estimate of drug-likeness (QED) is 0.362. The Hall–Kier alpha value is -2.02. The lowest BCUT2D eigenvalue weighted by Gasteiger charge is -2.33. The van der Waals surface area contributed by atoms with Gasteiger partial charge < -0.3 is 16.5 Å².